The van der Waals surface area contributed by atoms with Gasteiger partial charge in [0.2, 0.25) is 11.7 Å². The molecule has 5 heteroatoms. The fraction of sp³-hybridized carbons (Fsp3) is 0.846. The van der Waals surface area contributed by atoms with Gasteiger partial charge in [0.25, 0.3) is 0 Å². The van der Waals surface area contributed by atoms with Gasteiger partial charge in [0, 0.05) is 6.61 Å². The fourth-order valence-corrected chi connectivity index (χ4v) is 2.74. The number of ether oxygens (including phenoxy) is 1. The molecule has 0 amide bonds. The maximum absolute atomic E-state index is 9.86. The van der Waals surface area contributed by atoms with Gasteiger partial charge in [-0.3, -0.25) is 0 Å². The van der Waals surface area contributed by atoms with Crippen LogP contribution in [0.3, 0.4) is 0 Å². The van der Waals surface area contributed by atoms with E-state index in [1.165, 1.54) is 12.8 Å². The van der Waals surface area contributed by atoms with Crippen molar-refractivity contribution >= 4 is 0 Å². The predicted octanol–water partition coefficient (Wildman–Crippen LogP) is 2.19. The van der Waals surface area contributed by atoms with Crippen molar-refractivity contribution in [2.75, 3.05) is 6.61 Å². The molecular formula is C13H20N2O3. The van der Waals surface area contributed by atoms with Gasteiger partial charge in [-0.2, -0.15) is 4.98 Å². The standard InChI is InChI=1S/C13H20N2O3/c1-2-17-11(8-6-7-8)12-14-13(18-15-12)9-4-3-5-10(9)16/h8-11,16H,2-7H2,1H3. The number of aliphatic hydroxyl groups excluding tert-OH is 1. The average molecular weight is 252 g/mol. The van der Waals surface area contributed by atoms with E-state index in [-0.39, 0.29) is 18.1 Å². The third kappa shape index (κ3) is 2.29. The van der Waals surface area contributed by atoms with Crippen molar-refractivity contribution in [3.8, 4) is 0 Å². The predicted molar refractivity (Wildman–Crippen MR) is 64.0 cm³/mol. The quantitative estimate of drug-likeness (QED) is 0.870. The first-order chi connectivity index (χ1) is 8.79. The molecule has 5 nitrogen and oxygen atoms in total. The maximum Gasteiger partial charge on any atom is 0.232 e. The number of hydrogen-bond donors (Lipinski definition) is 1. The van der Waals surface area contributed by atoms with Gasteiger partial charge in [-0.25, -0.2) is 0 Å². The molecule has 0 saturated heterocycles. The Morgan fingerprint density at radius 2 is 2.22 bits per heavy atom. The monoisotopic (exact) mass is 252 g/mol. The molecule has 2 aliphatic rings. The fourth-order valence-electron chi connectivity index (χ4n) is 2.74. The third-order valence-electron chi connectivity index (χ3n) is 3.90. The zero-order valence-corrected chi connectivity index (χ0v) is 10.7. The molecule has 0 aliphatic heterocycles. The molecule has 2 fully saturated rings. The molecule has 3 rings (SSSR count). The van der Waals surface area contributed by atoms with Crippen molar-refractivity contribution in [3.05, 3.63) is 11.7 Å². The molecule has 1 N–H and O–H groups in total. The van der Waals surface area contributed by atoms with Gasteiger partial charge < -0.3 is 14.4 Å². The highest BCUT2D eigenvalue weighted by atomic mass is 16.5. The van der Waals surface area contributed by atoms with Crippen molar-refractivity contribution in [1.29, 1.82) is 0 Å². The minimum atomic E-state index is -0.329. The van der Waals surface area contributed by atoms with E-state index in [2.05, 4.69) is 10.1 Å². The van der Waals surface area contributed by atoms with Gasteiger partial charge in [-0.1, -0.05) is 5.16 Å². The first-order valence-corrected chi connectivity index (χ1v) is 6.92. The number of aromatic nitrogens is 2. The van der Waals surface area contributed by atoms with Crippen molar-refractivity contribution in [3.63, 3.8) is 0 Å². The summed E-state index contributed by atoms with van der Waals surface area (Å²) in [5, 5.41) is 13.9. The van der Waals surface area contributed by atoms with Crippen LogP contribution in [0.2, 0.25) is 0 Å². The van der Waals surface area contributed by atoms with Crippen LogP contribution >= 0.6 is 0 Å². The molecular weight excluding hydrogens is 232 g/mol. The second-order valence-corrected chi connectivity index (χ2v) is 5.31. The van der Waals surface area contributed by atoms with Crippen LogP contribution in [0.5, 0.6) is 0 Å². The van der Waals surface area contributed by atoms with Crippen LogP contribution in [0.1, 0.15) is 62.8 Å². The van der Waals surface area contributed by atoms with Crippen molar-refractivity contribution < 1.29 is 14.4 Å². The Bertz CT molecular complexity index is 403. The lowest BCUT2D eigenvalue weighted by molar-refractivity contribution is 0.0384. The summed E-state index contributed by atoms with van der Waals surface area (Å²) in [6.07, 6.45) is 4.81. The van der Waals surface area contributed by atoms with E-state index in [1.807, 2.05) is 6.92 Å². The number of hydrogen-bond acceptors (Lipinski definition) is 5. The minimum Gasteiger partial charge on any atom is -0.392 e. The molecule has 0 radical (unpaired) electrons. The largest absolute Gasteiger partial charge is 0.392 e. The molecule has 2 aliphatic carbocycles. The maximum atomic E-state index is 9.86. The van der Waals surface area contributed by atoms with Crippen LogP contribution in [0.15, 0.2) is 4.52 Å². The van der Waals surface area contributed by atoms with Crippen LogP contribution in [-0.2, 0) is 4.74 Å². The third-order valence-corrected chi connectivity index (χ3v) is 3.90. The molecule has 100 valence electrons. The van der Waals surface area contributed by atoms with Crippen LogP contribution in [-0.4, -0.2) is 28.0 Å². The number of nitrogens with zero attached hydrogens (tertiary/aromatic N) is 2. The zero-order chi connectivity index (χ0) is 12.5. The van der Waals surface area contributed by atoms with Crippen molar-refractivity contribution in [2.45, 2.75) is 57.2 Å². The Balaban J connectivity index is 1.75. The van der Waals surface area contributed by atoms with Gasteiger partial charge in [0.15, 0.2) is 0 Å². The lowest BCUT2D eigenvalue weighted by atomic mass is 10.1. The van der Waals surface area contributed by atoms with E-state index in [0.717, 1.165) is 19.3 Å². The molecule has 1 aromatic rings. The molecule has 0 aromatic carbocycles. The molecule has 3 unspecified atom stereocenters. The molecule has 1 heterocycles. The highest BCUT2D eigenvalue weighted by molar-refractivity contribution is 5.04. The van der Waals surface area contributed by atoms with Crippen molar-refractivity contribution in [2.24, 2.45) is 5.92 Å². The minimum absolute atomic E-state index is 0.0210. The Kier molecular flexibility index (Phi) is 3.35. The van der Waals surface area contributed by atoms with E-state index >= 15 is 0 Å². The second-order valence-electron chi connectivity index (χ2n) is 5.31. The summed E-state index contributed by atoms with van der Waals surface area (Å²) in [5.74, 6) is 1.81. The average Bonchev–Trinajstić information content (AvgIpc) is 2.93. The smallest absolute Gasteiger partial charge is 0.232 e. The Hall–Kier alpha value is -0.940. The van der Waals surface area contributed by atoms with Gasteiger partial charge in [-0.05, 0) is 44.9 Å². The molecule has 2 saturated carbocycles. The first-order valence-electron chi connectivity index (χ1n) is 6.92. The number of aliphatic hydroxyl groups is 1. The summed E-state index contributed by atoms with van der Waals surface area (Å²) in [4.78, 5) is 4.46. The summed E-state index contributed by atoms with van der Waals surface area (Å²) in [7, 11) is 0. The van der Waals surface area contributed by atoms with E-state index in [4.69, 9.17) is 9.26 Å². The Labute approximate surface area is 107 Å². The molecule has 0 spiro atoms. The van der Waals surface area contributed by atoms with E-state index in [0.29, 0.717) is 24.2 Å². The summed E-state index contributed by atoms with van der Waals surface area (Å²) < 4.78 is 11.0. The molecule has 0 bridgehead atoms. The van der Waals surface area contributed by atoms with Crippen molar-refractivity contribution in [1.82, 2.24) is 10.1 Å². The van der Waals surface area contributed by atoms with Gasteiger partial charge in [0.1, 0.15) is 6.10 Å². The summed E-state index contributed by atoms with van der Waals surface area (Å²) in [6.45, 7) is 2.65. The van der Waals surface area contributed by atoms with Crippen LogP contribution < -0.4 is 0 Å². The van der Waals surface area contributed by atoms with E-state index in [9.17, 15) is 5.11 Å². The van der Waals surface area contributed by atoms with E-state index < -0.39 is 0 Å². The lowest BCUT2D eigenvalue weighted by Gasteiger charge is -2.11. The summed E-state index contributed by atoms with van der Waals surface area (Å²) in [5.41, 5.74) is 0. The molecule has 3 atom stereocenters. The summed E-state index contributed by atoms with van der Waals surface area (Å²) >= 11 is 0. The van der Waals surface area contributed by atoms with Crippen LogP contribution in [0, 0.1) is 5.92 Å². The van der Waals surface area contributed by atoms with E-state index in [1.54, 1.807) is 0 Å². The highest BCUT2D eigenvalue weighted by Gasteiger charge is 2.38. The Morgan fingerprint density at radius 1 is 1.39 bits per heavy atom. The SMILES string of the molecule is CCOC(c1noc(C2CCCC2O)n1)C1CC1. The normalized spacial score (nSPS) is 29.7. The molecule has 18 heavy (non-hydrogen) atoms. The van der Waals surface area contributed by atoms with Gasteiger partial charge in [0.05, 0.1) is 12.0 Å². The highest BCUT2D eigenvalue weighted by Crippen LogP contribution is 2.43. The Morgan fingerprint density at radius 3 is 2.83 bits per heavy atom. The topological polar surface area (TPSA) is 68.4 Å². The number of rotatable bonds is 5. The zero-order valence-electron chi connectivity index (χ0n) is 10.7. The van der Waals surface area contributed by atoms with Crippen LogP contribution in [0.25, 0.3) is 0 Å². The van der Waals surface area contributed by atoms with Gasteiger partial charge >= 0.3 is 0 Å². The van der Waals surface area contributed by atoms with Crippen LogP contribution in [0.4, 0.5) is 0 Å². The summed E-state index contributed by atoms with van der Waals surface area (Å²) in [6, 6.07) is 0. The molecule has 1 aromatic heterocycles. The first kappa shape index (κ1) is 12.1. The van der Waals surface area contributed by atoms with Gasteiger partial charge in [-0.15, -0.1) is 0 Å². The second kappa shape index (κ2) is 4.97. The lowest BCUT2D eigenvalue weighted by Crippen LogP contribution is -2.12.